The fraction of sp³-hybridized carbons (Fsp3) is 0.667. The highest BCUT2D eigenvalue weighted by Gasteiger charge is 2.54. The van der Waals surface area contributed by atoms with Crippen molar-refractivity contribution in [2.75, 3.05) is 13.6 Å². The zero-order valence-corrected chi connectivity index (χ0v) is 13.4. The van der Waals surface area contributed by atoms with Crippen LogP contribution in [0.1, 0.15) is 57.9 Å². The van der Waals surface area contributed by atoms with E-state index in [2.05, 4.69) is 19.2 Å². The lowest BCUT2D eigenvalue weighted by Gasteiger charge is -2.57. The molecule has 0 heterocycles. The zero-order valence-electron chi connectivity index (χ0n) is 13.4. The number of nitrogens with one attached hydrogen (secondary N) is 1. The quantitative estimate of drug-likeness (QED) is 0.761. The third-order valence-electron chi connectivity index (χ3n) is 5.01. The minimum absolute atomic E-state index is 0.170. The summed E-state index contributed by atoms with van der Waals surface area (Å²) in [5.41, 5.74) is 0.860. The van der Waals surface area contributed by atoms with Crippen molar-refractivity contribution in [1.82, 2.24) is 5.32 Å². The minimum Gasteiger partial charge on any atom is -0.319 e. The molecular formula is C18H27F2N. The summed E-state index contributed by atoms with van der Waals surface area (Å²) in [4.78, 5) is 0. The predicted octanol–water partition coefficient (Wildman–Crippen LogP) is 4.80. The molecule has 0 unspecified atom stereocenters. The smallest absolute Gasteiger partial charge is 0.129 e. The van der Waals surface area contributed by atoms with Gasteiger partial charge in [-0.25, -0.2) is 8.78 Å². The summed E-state index contributed by atoms with van der Waals surface area (Å²) in [5.74, 6) is -0.893. The molecule has 21 heavy (non-hydrogen) atoms. The second kappa shape index (κ2) is 6.43. The van der Waals surface area contributed by atoms with Crippen molar-refractivity contribution >= 4 is 0 Å². The van der Waals surface area contributed by atoms with Crippen molar-refractivity contribution in [3.05, 3.63) is 35.4 Å². The van der Waals surface area contributed by atoms with Gasteiger partial charge < -0.3 is 5.32 Å². The summed E-state index contributed by atoms with van der Waals surface area (Å²) in [6, 6.07) is 4.05. The molecule has 3 heteroatoms. The van der Waals surface area contributed by atoms with E-state index in [-0.39, 0.29) is 5.41 Å². The topological polar surface area (TPSA) is 12.0 Å². The van der Waals surface area contributed by atoms with Crippen LogP contribution in [0.3, 0.4) is 0 Å². The lowest BCUT2D eigenvalue weighted by molar-refractivity contribution is 0.00189. The van der Waals surface area contributed by atoms with Gasteiger partial charge in [-0.1, -0.05) is 32.8 Å². The predicted molar refractivity (Wildman–Crippen MR) is 83.4 cm³/mol. The zero-order chi connectivity index (χ0) is 15.5. The summed E-state index contributed by atoms with van der Waals surface area (Å²) >= 11 is 0. The molecule has 118 valence electrons. The van der Waals surface area contributed by atoms with Gasteiger partial charge in [0.05, 0.1) is 0 Å². The molecule has 0 radical (unpaired) electrons. The van der Waals surface area contributed by atoms with Crippen LogP contribution in [-0.2, 0) is 5.41 Å². The minimum atomic E-state index is -0.497. The Balaban J connectivity index is 2.28. The Labute approximate surface area is 127 Å². The van der Waals surface area contributed by atoms with Crippen LogP contribution in [0.15, 0.2) is 18.2 Å². The molecule has 0 aromatic heterocycles. The summed E-state index contributed by atoms with van der Waals surface area (Å²) in [6.45, 7) is 5.19. The molecule has 1 N–H and O–H groups in total. The molecular weight excluding hydrogens is 268 g/mol. The molecule has 0 amide bonds. The molecule has 1 aromatic carbocycles. The average Bonchev–Trinajstić information content (AvgIpc) is 2.37. The lowest BCUT2D eigenvalue weighted by Crippen LogP contribution is -2.54. The Morgan fingerprint density at radius 1 is 1.10 bits per heavy atom. The second-order valence-electron chi connectivity index (χ2n) is 6.79. The van der Waals surface area contributed by atoms with Gasteiger partial charge in [-0.05, 0) is 49.8 Å². The van der Waals surface area contributed by atoms with Crippen LogP contribution in [0, 0.1) is 17.0 Å². The maximum absolute atomic E-state index is 14.2. The first-order chi connectivity index (χ1) is 10.0. The Morgan fingerprint density at radius 3 is 2.19 bits per heavy atom. The Bertz CT molecular complexity index is 470. The van der Waals surface area contributed by atoms with Crippen molar-refractivity contribution in [3.8, 4) is 0 Å². The molecule has 0 saturated heterocycles. The highest BCUT2D eigenvalue weighted by molar-refractivity contribution is 5.33. The summed E-state index contributed by atoms with van der Waals surface area (Å²) in [7, 11) is 1.91. The van der Waals surface area contributed by atoms with Gasteiger partial charge >= 0.3 is 0 Å². The normalized spacial score (nSPS) is 19.3. The first kappa shape index (κ1) is 16.4. The summed E-state index contributed by atoms with van der Waals surface area (Å²) in [5, 5.41) is 3.21. The van der Waals surface area contributed by atoms with Gasteiger partial charge in [0.1, 0.15) is 11.6 Å². The van der Waals surface area contributed by atoms with Gasteiger partial charge in [0, 0.05) is 18.0 Å². The van der Waals surface area contributed by atoms with E-state index < -0.39 is 11.6 Å². The van der Waals surface area contributed by atoms with Crippen LogP contribution in [0.2, 0.25) is 0 Å². The Kier molecular flexibility index (Phi) is 5.03. The SMILES string of the molecule is CCCC1(CCC)CC(CNC)(c2ccc(F)cc2F)C1. The molecule has 1 saturated carbocycles. The van der Waals surface area contributed by atoms with Gasteiger partial charge in [-0.2, -0.15) is 0 Å². The molecule has 1 aromatic rings. The van der Waals surface area contributed by atoms with E-state index in [0.29, 0.717) is 11.0 Å². The highest BCUT2D eigenvalue weighted by Crippen LogP contribution is 2.60. The summed E-state index contributed by atoms with van der Waals surface area (Å²) in [6.07, 6.45) is 6.75. The number of likely N-dealkylation sites (N-methyl/N-ethyl adjacent to an activating group) is 1. The van der Waals surface area contributed by atoms with Crippen LogP contribution in [0.25, 0.3) is 0 Å². The van der Waals surface area contributed by atoms with Crippen molar-refractivity contribution in [2.45, 2.75) is 57.8 Å². The fourth-order valence-corrected chi connectivity index (χ4v) is 4.59. The Hall–Kier alpha value is -0.960. The first-order valence-electron chi connectivity index (χ1n) is 8.11. The van der Waals surface area contributed by atoms with E-state index in [9.17, 15) is 8.78 Å². The number of rotatable bonds is 7. The molecule has 1 aliphatic rings. The van der Waals surface area contributed by atoms with Gasteiger partial charge in [-0.3, -0.25) is 0 Å². The standard InChI is InChI=1S/C18H27F2N/c1-4-8-17(9-5-2)11-18(12-17,13-21-3)15-7-6-14(19)10-16(15)20/h6-7,10,21H,4-5,8-9,11-13H2,1-3H3. The van der Waals surface area contributed by atoms with Crippen molar-refractivity contribution in [1.29, 1.82) is 0 Å². The number of halogens is 2. The lowest BCUT2D eigenvalue weighted by atomic mass is 9.48. The third kappa shape index (κ3) is 3.13. The maximum Gasteiger partial charge on any atom is 0.129 e. The van der Waals surface area contributed by atoms with E-state index in [0.717, 1.165) is 25.5 Å². The van der Waals surface area contributed by atoms with Crippen molar-refractivity contribution < 1.29 is 8.78 Å². The average molecular weight is 295 g/mol. The van der Waals surface area contributed by atoms with Gasteiger partial charge in [0.2, 0.25) is 0 Å². The largest absolute Gasteiger partial charge is 0.319 e. The number of hydrogen-bond donors (Lipinski definition) is 1. The van der Waals surface area contributed by atoms with E-state index in [1.165, 1.54) is 31.7 Å². The van der Waals surface area contributed by atoms with Crippen molar-refractivity contribution in [2.24, 2.45) is 5.41 Å². The Morgan fingerprint density at radius 2 is 1.71 bits per heavy atom. The van der Waals surface area contributed by atoms with Crippen molar-refractivity contribution in [3.63, 3.8) is 0 Å². The van der Waals surface area contributed by atoms with Crippen LogP contribution in [0.5, 0.6) is 0 Å². The monoisotopic (exact) mass is 295 g/mol. The van der Waals surface area contributed by atoms with E-state index in [1.54, 1.807) is 6.07 Å². The van der Waals surface area contributed by atoms with Gasteiger partial charge in [0.15, 0.2) is 0 Å². The molecule has 1 fully saturated rings. The van der Waals surface area contributed by atoms with Gasteiger partial charge in [-0.15, -0.1) is 0 Å². The van der Waals surface area contributed by atoms with Crippen LogP contribution in [0.4, 0.5) is 8.78 Å². The van der Waals surface area contributed by atoms with Gasteiger partial charge in [0.25, 0.3) is 0 Å². The van der Waals surface area contributed by atoms with E-state index in [1.807, 2.05) is 7.05 Å². The van der Waals surface area contributed by atoms with Crippen LogP contribution < -0.4 is 5.32 Å². The molecule has 1 aliphatic carbocycles. The second-order valence-corrected chi connectivity index (χ2v) is 6.79. The molecule has 0 atom stereocenters. The molecule has 0 aliphatic heterocycles. The fourth-order valence-electron chi connectivity index (χ4n) is 4.59. The first-order valence-corrected chi connectivity index (χ1v) is 8.11. The molecule has 0 spiro atoms. The van der Waals surface area contributed by atoms with Crippen LogP contribution in [-0.4, -0.2) is 13.6 Å². The molecule has 0 bridgehead atoms. The third-order valence-corrected chi connectivity index (χ3v) is 5.01. The molecule has 1 nitrogen and oxygen atoms in total. The molecule has 2 rings (SSSR count). The number of benzene rings is 1. The van der Waals surface area contributed by atoms with Crippen LogP contribution >= 0.6 is 0 Å². The number of hydrogen-bond acceptors (Lipinski definition) is 1. The van der Waals surface area contributed by atoms with E-state index in [4.69, 9.17) is 0 Å². The maximum atomic E-state index is 14.2. The highest BCUT2D eigenvalue weighted by atomic mass is 19.1. The van der Waals surface area contributed by atoms with E-state index >= 15 is 0 Å². The summed E-state index contributed by atoms with van der Waals surface area (Å²) < 4.78 is 27.4.